The van der Waals surface area contributed by atoms with E-state index in [1.165, 1.54) is 0 Å². The van der Waals surface area contributed by atoms with E-state index in [2.05, 4.69) is 20.9 Å². The number of halogens is 1. The second kappa shape index (κ2) is 2.92. The first-order chi connectivity index (χ1) is 5.83. The van der Waals surface area contributed by atoms with Gasteiger partial charge >= 0.3 is 0 Å². The second-order valence-corrected chi connectivity index (χ2v) is 3.49. The summed E-state index contributed by atoms with van der Waals surface area (Å²) in [5, 5.41) is 10.1. The van der Waals surface area contributed by atoms with Crippen LogP contribution in [0, 0.1) is 0 Å². The summed E-state index contributed by atoms with van der Waals surface area (Å²) in [7, 11) is 0. The fourth-order valence-electron chi connectivity index (χ4n) is 1.35. The van der Waals surface area contributed by atoms with Crippen LogP contribution in [0.15, 0.2) is 28.9 Å². The first kappa shape index (κ1) is 7.83. The molecule has 0 fully saturated rings. The van der Waals surface area contributed by atoms with Gasteiger partial charge in [0.2, 0.25) is 0 Å². The molecule has 2 nitrogen and oxygen atoms in total. The summed E-state index contributed by atoms with van der Waals surface area (Å²) >= 11 is 3.42. The molecule has 1 heterocycles. The van der Waals surface area contributed by atoms with Crippen LogP contribution < -0.4 is 0 Å². The topological polar surface area (TPSA) is 36.0 Å². The van der Waals surface area contributed by atoms with Crippen molar-refractivity contribution < 1.29 is 5.11 Å². The van der Waals surface area contributed by atoms with E-state index in [1.807, 2.05) is 24.4 Å². The summed E-state index contributed by atoms with van der Waals surface area (Å²) < 4.78 is 1.00. The molecule has 2 rings (SSSR count). The molecule has 0 radical (unpaired) electrons. The highest BCUT2D eigenvalue weighted by atomic mass is 79.9. The summed E-state index contributed by atoms with van der Waals surface area (Å²) in [6, 6.07) is 5.83. The van der Waals surface area contributed by atoms with Gasteiger partial charge in [0, 0.05) is 21.6 Å². The molecule has 0 spiro atoms. The molecule has 2 aromatic rings. The lowest BCUT2D eigenvalue weighted by Crippen LogP contribution is -1.82. The van der Waals surface area contributed by atoms with Crippen LogP contribution in [0.5, 0.6) is 0 Å². The van der Waals surface area contributed by atoms with Gasteiger partial charge in [0.1, 0.15) is 0 Å². The van der Waals surface area contributed by atoms with E-state index in [0.29, 0.717) is 0 Å². The van der Waals surface area contributed by atoms with E-state index >= 15 is 0 Å². The van der Waals surface area contributed by atoms with E-state index in [1.54, 1.807) is 0 Å². The van der Waals surface area contributed by atoms with Gasteiger partial charge in [-0.2, -0.15) is 0 Å². The summed E-state index contributed by atoms with van der Waals surface area (Å²) in [6.45, 7) is 0.0772. The average Bonchev–Trinajstić information content (AvgIpc) is 2.48. The Kier molecular flexibility index (Phi) is 1.90. The number of fused-ring (bicyclic) bond motifs is 1. The van der Waals surface area contributed by atoms with E-state index in [-0.39, 0.29) is 6.61 Å². The van der Waals surface area contributed by atoms with Crippen molar-refractivity contribution in [2.45, 2.75) is 6.61 Å². The number of H-pyrrole nitrogens is 1. The molecule has 2 N–H and O–H groups in total. The Balaban J connectivity index is 2.84. The lowest BCUT2D eigenvalue weighted by atomic mass is 10.1. The first-order valence-electron chi connectivity index (χ1n) is 3.68. The fraction of sp³-hybridized carbons (Fsp3) is 0.111. The number of benzene rings is 1. The minimum absolute atomic E-state index is 0.0772. The SMILES string of the molecule is OCc1cccc2[nH]cc(Br)c12. The zero-order valence-corrected chi connectivity index (χ0v) is 7.93. The van der Waals surface area contributed by atoms with E-state index in [9.17, 15) is 0 Å². The minimum atomic E-state index is 0.0772. The highest BCUT2D eigenvalue weighted by Crippen LogP contribution is 2.26. The zero-order valence-electron chi connectivity index (χ0n) is 6.34. The van der Waals surface area contributed by atoms with Gasteiger partial charge in [-0.25, -0.2) is 0 Å². The Bertz CT molecular complexity index is 408. The van der Waals surface area contributed by atoms with Gasteiger partial charge in [-0.3, -0.25) is 0 Å². The predicted octanol–water partition coefficient (Wildman–Crippen LogP) is 2.42. The van der Waals surface area contributed by atoms with Gasteiger partial charge < -0.3 is 10.1 Å². The van der Waals surface area contributed by atoms with Crippen molar-refractivity contribution in [3.8, 4) is 0 Å². The highest BCUT2D eigenvalue weighted by molar-refractivity contribution is 9.10. The Labute approximate surface area is 78.3 Å². The highest BCUT2D eigenvalue weighted by Gasteiger charge is 2.04. The smallest absolute Gasteiger partial charge is 0.0688 e. The molecule has 0 aliphatic rings. The lowest BCUT2D eigenvalue weighted by molar-refractivity contribution is 0.283. The van der Waals surface area contributed by atoms with Crippen LogP contribution >= 0.6 is 15.9 Å². The molecule has 3 heteroatoms. The number of hydrogen-bond acceptors (Lipinski definition) is 1. The molecule has 0 aliphatic heterocycles. The van der Waals surface area contributed by atoms with Gasteiger partial charge in [-0.15, -0.1) is 0 Å². The van der Waals surface area contributed by atoms with Gasteiger partial charge in [0.25, 0.3) is 0 Å². The van der Waals surface area contributed by atoms with E-state index in [4.69, 9.17) is 5.11 Å². The van der Waals surface area contributed by atoms with Crippen molar-refractivity contribution in [1.82, 2.24) is 4.98 Å². The van der Waals surface area contributed by atoms with Crippen LogP contribution in [-0.4, -0.2) is 10.1 Å². The molecule has 1 aromatic carbocycles. The molecular weight excluding hydrogens is 218 g/mol. The maximum atomic E-state index is 9.04. The predicted molar refractivity (Wildman–Crippen MR) is 51.9 cm³/mol. The molecule has 1 aromatic heterocycles. The number of nitrogens with one attached hydrogen (secondary N) is 1. The average molecular weight is 226 g/mol. The molecule has 0 unspecified atom stereocenters. The third-order valence-corrected chi connectivity index (χ3v) is 2.54. The fourth-order valence-corrected chi connectivity index (χ4v) is 1.93. The molecule has 0 amide bonds. The number of aromatic amines is 1. The van der Waals surface area contributed by atoms with Crippen LogP contribution in [0.2, 0.25) is 0 Å². The van der Waals surface area contributed by atoms with Gasteiger partial charge in [-0.05, 0) is 27.6 Å². The Morgan fingerprint density at radius 1 is 1.42 bits per heavy atom. The van der Waals surface area contributed by atoms with Crippen LogP contribution in [0.25, 0.3) is 10.9 Å². The molecule has 0 bridgehead atoms. The Morgan fingerprint density at radius 2 is 2.25 bits per heavy atom. The third kappa shape index (κ3) is 1.06. The third-order valence-electron chi connectivity index (χ3n) is 1.91. The summed E-state index contributed by atoms with van der Waals surface area (Å²) in [6.07, 6.45) is 1.88. The zero-order chi connectivity index (χ0) is 8.55. The van der Waals surface area contributed by atoms with Crippen molar-refractivity contribution in [2.24, 2.45) is 0 Å². The monoisotopic (exact) mass is 225 g/mol. The number of aliphatic hydroxyl groups excluding tert-OH is 1. The lowest BCUT2D eigenvalue weighted by Gasteiger charge is -1.98. The molecule has 0 saturated carbocycles. The van der Waals surface area contributed by atoms with Crippen LogP contribution in [0.4, 0.5) is 0 Å². The van der Waals surface area contributed by atoms with Gasteiger partial charge in [-0.1, -0.05) is 12.1 Å². The molecule has 0 aliphatic carbocycles. The van der Waals surface area contributed by atoms with Gasteiger partial charge in [0.15, 0.2) is 0 Å². The maximum absolute atomic E-state index is 9.04. The van der Waals surface area contributed by atoms with Crippen molar-refractivity contribution in [1.29, 1.82) is 0 Å². The minimum Gasteiger partial charge on any atom is -0.392 e. The largest absolute Gasteiger partial charge is 0.392 e. The molecule has 0 saturated heterocycles. The second-order valence-electron chi connectivity index (χ2n) is 2.63. The van der Waals surface area contributed by atoms with Crippen LogP contribution in [-0.2, 0) is 6.61 Å². The Hall–Kier alpha value is -0.800. The summed E-state index contributed by atoms with van der Waals surface area (Å²) in [5.74, 6) is 0. The van der Waals surface area contributed by atoms with Crippen molar-refractivity contribution in [3.05, 3.63) is 34.4 Å². The van der Waals surface area contributed by atoms with Crippen molar-refractivity contribution in [3.63, 3.8) is 0 Å². The number of rotatable bonds is 1. The summed E-state index contributed by atoms with van der Waals surface area (Å²) in [4.78, 5) is 3.10. The normalized spacial score (nSPS) is 10.8. The van der Waals surface area contributed by atoms with Gasteiger partial charge in [0.05, 0.1) is 6.61 Å². The van der Waals surface area contributed by atoms with Crippen molar-refractivity contribution >= 4 is 26.8 Å². The molecule has 0 atom stereocenters. The summed E-state index contributed by atoms with van der Waals surface area (Å²) in [5.41, 5.74) is 1.99. The van der Waals surface area contributed by atoms with Crippen molar-refractivity contribution in [2.75, 3.05) is 0 Å². The first-order valence-corrected chi connectivity index (χ1v) is 4.47. The van der Waals surface area contributed by atoms with Crippen LogP contribution in [0.1, 0.15) is 5.56 Å². The molecule has 62 valence electrons. The molecular formula is C9H8BrNO. The maximum Gasteiger partial charge on any atom is 0.0688 e. The number of aliphatic hydroxyl groups is 1. The molecule has 12 heavy (non-hydrogen) atoms. The quantitative estimate of drug-likeness (QED) is 0.769. The number of hydrogen-bond donors (Lipinski definition) is 2. The number of aromatic nitrogens is 1. The van der Waals surface area contributed by atoms with E-state index in [0.717, 1.165) is 20.9 Å². The van der Waals surface area contributed by atoms with E-state index < -0.39 is 0 Å². The van der Waals surface area contributed by atoms with Crippen LogP contribution in [0.3, 0.4) is 0 Å². The Morgan fingerprint density at radius 3 is 3.00 bits per heavy atom. The standard InChI is InChI=1S/C9H8BrNO/c10-7-4-11-8-3-1-2-6(5-12)9(7)8/h1-4,11-12H,5H2.